The first-order valence-corrected chi connectivity index (χ1v) is 7.49. The molecule has 0 saturated carbocycles. The second-order valence-electron chi connectivity index (χ2n) is 6.20. The van der Waals surface area contributed by atoms with E-state index in [1.807, 2.05) is 0 Å². The quantitative estimate of drug-likeness (QED) is 0.888. The Labute approximate surface area is 116 Å². The molecule has 2 atom stereocenters. The Balaban J connectivity index is 1.92. The van der Waals surface area contributed by atoms with E-state index in [2.05, 4.69) is 42.9 Å². The molecule has 1 saturated heterocycles. The fourth-order valence-corrected chi connectivity index (χ4v) is 2.60. The third-order valence-electron chi connectivity index (χ3n) is 4.02. The van der Waals surface area contributed by atoms with Gasteiger partial charge in [-0.2, -0.15) is 4.98 Å². The molecule has 0 spiro atoms. The van der Waals surface area contributed by atoms with Crippen molar-refractivity contribution in [2.45, 2.75) is 53.1 Å². The first-order valence-electron chi connectivity index (χ1n) is 7.49. The molecule has 19 heavy (non-hydrogen) atoms. The summed E-state index contributed by atoms with van der Waals surface area (Å²) in [7, 11) is 0. The second kappa shape index (κ2) is 6.42. The molecule has 1 fully saturated rings. The zero-order valence-electron chi connectivity index (χ0n) is 12.6. The van der Waals surface area contributed by atoms with Crippen LogP contribution in [-0.4, -0.2) is 24.1 Å². The molecule has 1 aromatic heterocycles. The monoisotopic (exact) mass is 265 g/mol. The van der Waals surface area contributed by atoms with Gasteiger partial charge in [-0.05, 0) is 38.1 Å². The van der Waals surface area contributed by atoms with Crippen molar-refractivity contribution < 1.29 is 4.42 Å². The minimum absolute atomic E-state index is 0.517. The normalized spacial score (nSPS) is 24.2. The van der Waals surface area contributed by atoms with Crippen molar-refractivity contribution in [1.82, 2.24) is 10.3 Å². The molecule has 0 bridgehead atoms. The lowest BCUT2D eigenvalue weighted by atomic mass is 9.92. The summed E-state index contributed by atoms with van der Waals surface area (Å²) >= 11 is 0. The van der Waals surface area contributed by atoms with E-state index in [1.165, 1.54) is 12.8 Å². The molecular formula is C15H27N3O. The number of nitrogens with zero attached hydrogens (tertiary/aromatic N) is 2. The second-order valence-corrected chi connectivity index (χ2v) is 6.20. The zero-order chi connectivity index (χ0) is 13.8. The molecule has 1 aromatic rings. The highest BCUT2D eigenvalue weighted by Gasteiger charge is 2.27. The highest BCUT2D eigenvalue weighted by molar-refractivity contribution is 5.30. The van der Waals surface area contributed by atoms with Crippen LogP contribution in [0, 0.1) is 11.8 Å². The van der Waals surface area contributed by atoms with E-state index in [4.69, 9.17) is 4.42 Å². The topological polar surface area (TPSA) is 41.3 Å². The molecule has 0 radical (unpaired) electrons. The summed E-state index contributed by atoms with van der Waals surface area (Å²) < 4.78 is 5.66. The minimum Gasteiger partial charge on any atom is -0.432 e. The van der Waals surface area contributed by atoms with Crippen molar-refractivity contribution in [2.24, 2.45) is 11.8 Å². The molecule has 4 heteroatoms. The Kier molecular flexibility index (Phi) is 4.86. The highest BCUT2D eigenvalue weighted by Crippen LogP contribution is 2.27. The number of hydrogen-bond acceptors (Lipinski definition) is 4. The van der Waals surface area contributed by atoms with Gasteiger partial charge in [-0.1, -0.05) is 20.8 Å². The molecular weight excluding hydrogens is 238 g/mol. The van der Waals surface area contributed by atoms with Crippen molar-refractivity contribution >= 4 is 6.01 Å². The van der Waals surface area contributed by atoms with Crippen molar-refractivity contribution in [3.05, 3.63) is 12.0 Å². The van der Waals surface area contributed by atoms with E-state index in [9.17, 15) is 0 Å². The summed E-state index contributed by atoms with van der Waals surface area (Å²) in [6.07, 6.45) is 4.32. The van der Waals surface area contributed by atoms with Gasteiger partial charge in [-0.25, -0.2) is 0 Å². The first kappa shape index (κ1) is 14.4. The van der Waals surface area contributed by atoms with E-state index in [0.717, 1.165) is 31.3 Å². The molecule has 0 amide bonds. The smallest absolute Gasteiger partial charge is 0.297 e. The van der Waals surface area contributed by atoms with Crippen LogP contribution in [0.1, 0.15) is 46.2 Å². The maximum atomic E-state index is 5.66. The number of anilines is 1. The predicted molar refractivity (Wildman–Crippen MR) is 78.3 cm³/mol. The standard InChI is InChI=1S/C15H27N3O/c1-11(2)8-16-9-14-10-19-15(17-14)18-7-5-6-12(3)13(18)4/h10-13,16H,5-9H2,1-4H3. The van der Waals surface area contributed by atoms with E-state index in [-0.39, 0.29) is 0 Å². The number of aromatic nitrogens is 1. The number of nitrogens with one attached hydrogen (secondary N) is 1. The maximum absolute atomic E-state index is 5.66. The van der Waals surface area contributed by atoms with Gasteiger partial charge < -0.3 is 14.6 Å². The lowest BCUT2D eigenvalue weighted by Crippen LogP contribution is -2.42. The van der Waals surface area contributed by atoms with E-state index < -0.39 is 0 Å². The van der Waals surface area contributed by atoms with Crippen LogP contribution < -0.4 is 10.2 Å². The van der Waals surface area contributed by atoms with Crippen LogP contribution in [0.25, 0.3) is 0 Å². The Bertz CT molecular complexity index is 388. The Morgan fingerprint density at radius 3 is 3.00 bits per heavy atom. The minimum atomic E-state index is 0.517. The Hall–Kier alpha value is -1.03. The molecule has 0 aromatic carbocycles. The molecule has 2 heterocycles. The van der Waals surface area contributed by atoms with Crippen molar-refractivity contribution in [2.75, 3.05) is 18.0 Å². The number of piperidine rings is 1. The van der Waals surface area contributed by atoms with Gasteiger partial charge in [-0.15, -0.1) is 0 Å². The summed E-state index contributed by atoms with van der Waals surface area (Å²) in [5, 5.41) is 3.40. The van der Waals surface area contributed by atoms with Crippen molar-refractivity contribution in [3.63, 3.8) is 0 Å². The van der Waals surface area contributed by atoms with E-state index in [1.54, 1.807) is 6.26 Å². The van der Waals surface area contributed by atoms with Crippen molar-refractivity contribution in [3.8, 4) is 0 Å². The number of hydrogen-bond donors (Lipinski definition) is 1. The Morgan fingerprint density at radius 2 is 2.26 bits per heavy atom. The van der Waals surface area contributed by atoms with Crippen LogP contribution >= 0.6 is 0 Å². The summed E-state index contributed by atoms with van der Waals surface area (Å²) in [6.45, 7) is 11.9. The van der Waals surface area contributed by atoms with E-state index in [0.29, 0.717) is 17.9 Å². The summed E-state index contributed by atoms with van der Waals surface area (Å²) in [5.41, 5.74) is 1.00. The SMILES string of the molecule is CC(C)CNCc1coc(N2CCCC(C)C2C)n1. The summed E-state index contributed by atoms with van der Waals surface area (Å²) in [4.78, 5) is 6.92. The van der Waals surface area contributed by atoms with E-state index >= 15 is 0 Å². The Morgan fingerprint density at radius 1 is 1.47 bits per heavy atom. The number of rotatable bonds is 5. The molecule has 108 valence electrons. The molecule has 2 unspecified atom stereocenters. The third kappa shape index (κ3) is 3.72. The van der Waals surface area contributed by atoms with Crippen LogP contribution in [0.5, 0.6) is 0 Å². The fourth-order valence-electron chi connectivity index (χ4n) is 2.60. The van der Waals surface area contributed by atoms with Gasteiger partial charge >= 0.3 is 0 Å². The molecule has 1 aliphatic heterocycles. The van der Waals surface area contributed by atoms with Crippen LogP contribution in [0.3, 0.4) is 0 Å². The zero-order valence-corrected chi connectivity index (χ0v) is 12.6. The maximum Gasteiger partial charge on any atom is 0.297 e. The van der Waals surface area contributed by atoms with Crippen LogP contribution in [0.2, 0.25) is 0 Å². The van der Waals surface area contributed by atoms with Gasteiger partial charge in [0.25, 0.3) is 6.01 Å². The van der Waals surface area contributed by atoms with Crippen molar-refractivity contribution in [1.29, 1.82) is 0 Å². The summed E-state index contributed by atoms with van der Waals surface area (Å²) in [6, 6.07) is 1.31. The number of oxazole rings is 1. The molecule has 4 nitrogen and oxygen atoms in total. The lowest BCUT2D eigenvalue weighted by Gasteiger charge is -2.36. The van der Waals surface area contributed by atoms with Crippen LogP contribution in [0.4, 0.5) is 6.01 Å². The highest BCUT2D eigenvalue weighted by atomic mass is 16.4. The average Bonchev–Trinajstić information content (AvgIpc) is 2.81. The van der Waals surface area contributed by atoms with Gasteiger partial charge in [0.15, 0.2) is 0 Å². The molecule has 0 aliphatic carbocycles. The summed E-state index contributed by atoms with van der Waals surface area (Å²) in [5.74, 6) is 1.37. The average molecular weight is 265 g/mol. The van der Waals surface area contributed by atoms with Crippen LogP contribution in [-0.2, 0) is 6.54 Å². The van der Waals surface area contributed by atoms with Crippen LogP contribution in [0.15, 0.2) is 10.7 Å². The molecule has 1 N–H and O–H groups in total. The van der Waals surface area contributed by atoms with Gasteiger partial charge in [0, 0.05) is 19.1 Å². The third-order valence-corrected chi connectivity index (χ3v) is 4.02. The van der Waals surface area contributed by atoms with Gasteiger partial charge in [0.05, 0.1) is 5.69 Å². The van der Waals surface area contributed by atoms with Gasteiger partial charge in [0.2, 0.25) is 0 Å². The van der Waals surface area contributed by atoms with Gasteiger partial charge in [0.1, 0.15) is 6.26 Å². The first-order chi connectivity index (χ1) is 9.08. The fraction of sp³-hybridized carbons (Fsp3) is 0.800. The van der Waals surface area contributed by atoms with Gasteiger partial charge in [-0.3, -0.25) is 0 Å². The molecule has 2 rings (SSSR count). The lowest BCUT2D eigenvalue weighted by molar-refractivity contribution is 0.343. The largest absolute Gasteiger partial charge is 0.432 e. The predicted octanol–water partition coefficient (Wildman–Crippen LogP) is 3.05. The molecule has 1 aliphatic rings.